The molecule has 0 aliphatic carbocycles. The van der Waals surface area contributed by atoms with Gasteiger partial charge in [-0.3, -0.25) is 9.79 Å². The van der Waals surface area contributed by atoms with Crippen molar-refractivity contribution in [1.82, 2.24) is 5.32 Å². The molecule has 0 aromatic heterocycles. The molecule has 1 amide bonds. The van der Waals surface area contributed by atoms with Gasteiger partial charge in [0.1, 0.15) is 0 Å². The number of allylic oxidation sites excluding steroid dienone is 3. The number of nitrogens with one attached hydrogen (secondary N) is 1. The Morgan fingerprint density at radius 2 is 2.20 bits per heavy atom. The Kier molecular flexibility index (Phi) is 6.89. The summed E-state index contributed by atoms with van der Waals surface area (Å²) in [5.74, 6) is -0.140. The predicted molar refractivity (Wildman–Crippen MR) is 64.9 cm³/mol. The number of carbonyl (C=O) groups is 1. The van der Waals surface area contributed by atoms with E-state index >= 15 is 0 Å². The molecule has 0 rings (SSSR count). The predicted octanol–water partition coefficient (Wildman–Crippen LogP) is 2.23. The van der Waals surface area contributed by atoms with E-state index in [9.17, 15) is 4.79 Å². The Bertz CT molecular complexity index is 312. The minimum atomic E-state index is -0.140. The quantitative estimate of drug-likeness (QED) is 0.418. The molecule has 82 valence electrons. The molecule has 15 heavy (non-hydrogen) atoms. The molecule has 0 spiro atoms. The third-order valence-corrected chi connectivity index (χ3v) is 1.81. The average molecular weight is 206 g/mol. The minimum Gasteiger partial charge on any atom is -0.355 e. The van der Waals surface area contributed by atoms with Crippen molar-refractivity contribution >= 4 is 12.1 Å². The zero-order chi connectivity index (χ0) is 11.7. The molecule has 0 unspecified atom stereocenters. The zero-order valence-electron chi connectivity index (χ0n) is 9.58. The van der Waals surface area contributed by atoms with Crippen molar-refractivity contribution in [2.75, 3.05) is 7.05 Å². The molecule has 0 bridgehead atoms. The molecule has 3 heteroatoms. The highest BCUT2D eigenvalue weighted by Gasteiger charge is 2.06. The highest BCUT2D eigenvalue weighted by Crippen LogP contribution is 2.04. The van der Waals surface area contributed by atoms with Crippen LogP contribution in [0.25, 0.3) is 0 Å². The molecule has 0 saturated heterocycles. The summed E-state index contributed by atoms with van der Waals surface area (Å²) in [6, 6.07) is 0. The van der Waals surface area contributed by atoms with Crippen molar-refractivity contribution in [2.45, 2.75) is 20.3 Å². The van der Waals surface area contributed by atoms with Crippen molar-refractivity contribution in [3.8, 4) is 0 Å². The summed E-state index contributed by atoms with van der Waals surface area (Å²) < 4.78 is 0. The second-order valence-corrected chi connectivity index (χ2v) is 2.95. The maximum atomic E-state index is 11.5. The maximum absolute atomic E-state index is 11.5. The van der Waals surface area contributed by atoms with Crippen molar-refractivity contribution in [3.63, 3.8) is 0 Å². The van der Waals surface area contributed by atoms with Crippen molar-refractivity contribution in [3.05, 3.63) is 36.1 Å². The first kappa shape index (κ1) is 13.4. The number of hydrogen-bond acceptors (Lipinski definition) is 2. The van der Waals surface area contributed by atoms with Crippen LogP contribution in [0.2, 0.25) is 0 Å². The van der Waals surface area contributed by atoms with Gasteiger partial charge in [-0.15, -0.1) is 0 Å². The van der Waals surface area contributed by atoms with Gasteiger partial charge < -0.3 is 5.32 Å². The van der Waals surface area contributed by atoms with E-state index < -0.39 is 0 Å². The summed E-state index contributed by atoms with van der Waals surface area (Å²) in [6.07, 6.45) is 7.78. The number of likely N-dealkylation sites (N-methyl/N-ethyl adjacent to an activating group) is 1. The topological polar surface area (TPSA) is 41.5 Å². The first-order valence-electron chi connectivity index (χ1n) is 4.90. The Labute approximate surface area is 91.3 Å². The van der Waals surface area contributed by atoms with Crippen LogP contribution in [-0.2, 0) is 4.79 Å². The average Bonchev–Trinajstić information content (AvgIpc) is 2.26. The van der Waals surface area contributed by atoms with Gasteiger partial charge >= 0.3 is 0 Å². The fourth-order valence-corrected chi connectivity index (χ4v) is 0.986. The summed E-state index contributed by atoms with van der Waals surface area (Å²) in [7, 11) is 1.60. The van der Waals surface area contributed by atoms with Crippen LogP contribution in [0.4, 0.5) is 0 Å². The number of aliphatic imine (C=N–C) groups is 1. The lowest BCUT2D eigenvalue weighted by Gasteiger charge is -2.02. The molecule has 0 aromatic rings. The molecule has 0 heterocycles. The molecule has 0 aliphatic heterocycles. The molecular formula is C12H18N2O. The summed E-state index contributed by atoms with van der Waals surface area (Å²) in [5.41, 5.74) is 1.45. The van der Waals surface area contributed by atoms with Gasteiger partial charge in [0.25, 0.3) is 5.91 Å². The van der Waals surface area contributed by atoms with Gasteiger partial charge in [0.15, 0.2) is 0 Å². The van der Waals surface area contributed by atoms with E-state index in [4.69, 9.17) is 0 Å². The molecule has 0 radical (unpaired) electrons. The Morgan fingerprint density at radius 3 is 2.67 bits per heavy atom. The molecular weight excluding hydrogens is 188 g/mol. The van der Waals surface area contributed by atoms with Gasteiger partial charge in [-0.2, -0.15) is 0 Å². The standard InChI is InChI=1S/C12H18N2O/c1-5-7-8-10(3)11(9-14-6-2)12(15)13-4/h6-9H,2,5H2,1,3-4H3,(H,13,15)/b8-7-,11-10-,14-9-. The lowest BCUT2D eigenvalue weighted by atomic mass is 10.1. The van der Waals surface area contributed by atoms with Crippen molar-refractivity contribution in [2.24, 2.45) is 4.99 Å². The van der Waals surface area contributed by atoms with Crippen LogP contribution in [-0.4, -0.2) is 19.2 Å². The molecule has 1 N–H and O–H groups in total. The van der Waals surface area contributed by atoms with Gasteiger partial charge in [-0.1, -0.05) is 25.7 Å². The van der Waals surface area contributed by atoms with Crippen LogP contribution >= 0.6 is 0 Å². The minimum absolute atomic E-state index is 0.140. The third kappa shape index (κ3) is 4.96. The van der Waals surface area contributed by atoms with Crippen molar-refractivity contribution in [1.29, 1.82) is 0 Å². The van der Waals surface area contributed by atoms with Crippen LogP contribution in [0.15, 0.2) is 41.1 Å². The molecule has 0 aliphatic rings. The zero-order valence-corrected chi connectivity index (χ0v) is 9.58. The lowest BCUT2D eigenvalue weighted by Crippen LogP contribution is -2.21. The largest absolute Gasteiger partial charge is 0.355 e. The SMILES string of the molecule is C=C\N=C/C(C(=O)NC)=C(C)/C=C\CC. The van der Waals surface area contributed by atoms with E-state index in [0.717, 1.165) is 12.0 Å². The van der Waals surface area contributed by atoms with Crippen LogP contribution in [0, 0.1) is 0 Å². The van der Waals surface area contributed by atoms with Crippen LogP contribution in [0.5, 0.6) is 0 Å². The van der Waals surface area contributed by atoms with Crippen LogP contribution in [0.3, 0.4) is 0 Å². The Balaban J connectivity index is 5.05. The van der Waals surface area contributed by atoms with Gasteiger partial charge in [0.2, 0.25) is 0 Å². The number of carbonyl (C=O) groups excluding carboxylic acids is 1. The summed E-state index contributed by atoms with van der Waals surface area (Å²) in [4.78, 5) is 15.4. The summed E-state index contributed by atoms with van der Waals surface area (Å²) in [6.45, 7) is 7.39. The van der Waals surface area contributed by atoms with E-state index in [0.29, 0.717) is 5.57 Å². The van der Waals surface area contributed by atoms with Crippen LogP contribution < -0.4 is 5.32 Å². The molecule has 0 saturated carbocycles. The number of rotatable bonds is 5. The maximum Gasteiger partial charge on any atom is 0.252 e. The van der Waals surface area contributed by atoms with Gasteiger partial charge in [0, 0.05) is 19.5 Å². The Morgan fingerprint density at radius 1 is 1.53 bits per heavy atom. The normalized spacial score (nSPS) is 13.0. The van der Waals surface area contributed by atoms with E-state index in [1.165, 1.54) is 12.4 Å². The fraction of sp³-hybridized carbons (Fsp3) is 0.333. The monoisotopic (exact) mass is 206 g/mol. The number of nitrogens with zero attached hydrogens (tertiary/aromatic N) is 1. The molecule has 0 aromatic carbocycles. The van der Waals surface area contributed by atoms with E-state index in [1.54, 1.807) is 7.05 Å². The van der Waals surface area contributed by atoms with Gasteiger partial charge in [-0.05, 0) is 18.9 Å². The highest BCUT2D eigenvalue weighted by molar-refractivity contribution is 6.13. The van der Waals surface area contributed by atoms with E-state index in [1.807, 2.05) is 26.0 Å². The second-order valence-electron chi connectivity index (χ2n) is 2.95. The summed E-state index contributed by atoms with van der Waals surface area (Å²) >= 11 is 0. The van der Waals surface area contributed by atoms with Crippen LogP contribution in [0.1, 0.15) is 20.3 Å². The highest BCUT2D eigenvalue weighted by atomic mass is 16.1. The molecule has 0 fully saturated rings. The third-order valence-electron chi connectivity index (χ3n) is 1.81. The second kappa shape index (κ2) is 7.74. The van der Waals surface area contributed by atoms with Crippen molar-refractivity contribution < 1.29 is 4.79 Å². The lowest BCUT2D eigenvalue weighted by molar-refractivity contribution is -0.116. The molecule has 3 nitrogen and oxygen atoms in total. The number of hydrogen-bond donors (Lipinski definition) is 1. The first-order chi connectivity index (χ1) is 7.17. The summed E-state index contributed by atoms with van der Waals surface area (Å²) in [5, 5.41) is 2.58. The van der Waals surface area contributed by atoms with Gasteiger partial charge in [0.05, 0.1) is 5.57 Å². The smallest absolute Gasteiger partial charge is 0.252 e. The first-order valence-corrected chi connectivity index (χ1v) is 4.90. The van der Waals surface area contributed by atoms with E-state index in [-0.39, 0.29) is 5.91 Å². The van der Waals surface area contributed by atoms with Gasteiger partial charge in [-0.25, -0.2) is 0 Å². The molecule has 0 atom stereocenters. The number of amides is 1. The Hall–Kier alpha value is -1.64. The fourth-order valence-electron chi connectivity index (χ4n) is 0.986. The van der Waals surface area contributed by atoms with E-state index in [2.05, 4.69) is 16.9 Å².